The van der Waals surface area contributed by atoms with Gasteiger partial charge >= 0.3 is 0 Å². The zero-order chi connectivity index (χ0) is 33.7. The van der Waals surface area contributed by atoms with Gasteiger partial charge in [-0.3, -0.25) is 4.98 Å². The normalized spacial score (nSPS) is 11.8. The summed E-state index contributed by atoms with van der Waals surface area (Å²) in [7, 11) is 0. The SMILES string of the molecule is CC(C)c1ccc2nc(C(C)C)ccc2c1.CC(C)c1ccc2nc(C(C)C)cn2c1.CC(C)c1cn2nc(C(C)C)ccc2n1. The summed E-state index contributed by atoms with van der Waals surface area (Å²) in [5.74, 6) is 3.04. The smallest absolute Gasteiger partial charge is 0.153 e. The van der Waals surface area contributed by atoms with Gasteiger partial charge in [0.1, 0.15) is 5.65 Å². The second kappa shape index (κ2) is 15.0. The maximum Gasteiger partial charge on any atom is 0.153 e. The van der Waals surface area contributed by atoms with Crippen LogP contribution in [0.4, 0.5) is 0 Å². The molecule has 5 heterocycles. The van der Waals surface area contributed by atoms with Crippen molar-refractivity contribution in [2.24, 2.45) is 0 Å². The molecule has 0 N–H and O–H groups in total. The molecule has 0 bridgehead atoms. The molecule has 0 atom stereocenters. The van der Waals surface area contributed by atoms with Crippen LogP contribution in [0.5, 0.6) is 0 Å². The highest BCUT2D eigenvalue weighted by molar-refractivity contribution is 5.79. The van der Waals surface area contributed by atoms with E-state index in [0.717, 1.165) is 33.9 Å². The number of nitrogens with zero attached hydrogens (tertiary/aromatic N) is 6. The highest BCUT2D eigenvalue weighted by Crippen LogP contribution is 2.23. The molecule has 0 saturated carbocycles. The van der Waals surface area contributed by atoms with E-state index in [-0.39, 0.29) is 0 Å². The number of fused-ring (bicyclic) bond motifs is 3. The summed E-state index contributed by atoms with van der Waals surface area (Å²) < 4.78 is 4.01. The largest absolute Gasteiger partial charge is 0.307 e. The molecule has 0 fully saturated rings. The van der Waals surface area contributed by atoms with Gasteiger partial charge < -0.3 is 4.40 Å². The lowest BCUT2D eigenvalue weighted by Gasteiger charge is -2.09. The van der Waals surface area contributed by atoms with Crippen LogP contribution < -0.4 is 0 Å². The monoisotopic (exact) mass is 618 g/mol. The van der Waals surface area contributed by atoms with Crippen molar-refractivity contribution in [3.05, 3.63) is 107 Å². The molecule has 1 aromatic carbocycles. The Hall–Kier alpha value is -4.06. The van der Waals surface area contributed by atoms with Gasteiger partial charge in [-0.1, -0.05) is 101 Å². The second-order valence-corrected chi connectivity index (χ2v) is 14.2. The Balaban J connectivity index is 0.000000157. The van der Waals surface area contributed by atoms with Crippen molar-refractivity contribution in [1.82, 2.24) is 29.0 Å². The Morgan fingerprint density at radius 3 is 1.59 bits per heavy atom. The highest BCUT2D eigenvalue weighted by atomic mass is 15.2. The quantitative estimate of drug-likeness (QED) is 0.186. The van der Waals surface area contributed by atoms with E-state index in [9.17, 15) is 0 Å². The lowest BCUT2D eigenvalue weighted by Crippen LogP contribution is -1.98. The third-order valence-electron chi connectivity index (χ3n) is 8.29. The van der Waals surface area contributed by atoms with E-state index >= 15 is 0 Å². The lowest BCUT2D eigenvalue weighted by molar-refractivity contribution is 0.761. The molecule has 0 saturated heterocycles. The van der Waals surface area contributed by atoms with Gasteiger partial charge in [-0.25, -0.2) is 14.5 Å². The molecular weight excluding hydrogens is 564 g/mol. The molecule has 0 amide bonds. The topological polar surface area (TPSA) is 60.4 Å². The van der Waals surface area contributed by atoms with Crippen LogP contribution in [-0.2, 0) is 0 Å². The van der Waals surface area contributed by atoms with Gasteiger partial charge in [0, 0.05) is 23.5 Å². The van der Waals surface area contributed by atoms with Crippen LogP contribution in [0.3, 0.4) is 0 Å². The molecule has 6 nitrogen and oxygen atoms in total. The summed E-state index contributed by atoms with van der Waals surface area (Å²) in [6.07, 6.45) is 6.33. The lowest BCUT2D eigenvalue weighted by atomic mass is 10.0. The summed E-state index contributed by atoms with van der Waals surface area (Å²) >= 11 is 0. The fourth-order valence-corrected chi connectivity index (χ4v) is 4.99. The van der Waals surface area contributed by atoms with E-state index in [2.05, 4.69) is 168 Å². The molecule has 0 radical (unpaired) electrons. The van der Waals surface area contributed by atoms with Crippen molar-refractivity contribution in [3.8, 4) is 0 Å². The molecule has 0 aliphatic rings. The number of rotatable bonds is 6. The zero-order valence-electron chi connectivity index (χ0n) is 30.1. The van der Waals surface area contributed by atoms with Crippen molar-refractivity contribution >= 4 is 22.2 Å². The van der Waals surface area contributed by atoms with Gasteiger partial charge in [0.2, 0.25) is 0 Å². The molecule has 6 aromatic rings. The fourth-order valence-electron chi connectivity index (χ4n) is 4.99. The Bertz CT molecular complexity index is 1720. The molecule has 6 rings (SSSR count). The second-order valence-electron chi connectivity index (χ2n) is 14.2. The van der Waals surface area contributed by atoms with Gasteiger partial charge in [0.15, 0.2) is 5.65 Å². The standard InChI is InChI=1S/C15H19N.C13H18N2.C12H17N3/c1-10(2)12-5-8-15-13(9-12)6-7-14(16-15)11(3)4;1-9(2)11-5-6-13-14-12(10(3)4)8-15(13)7-11;1-8(2)10-5-6-12-13-11(9(3)4)7-15(12)14-10/h5-11H,1-4H3;5-10H,1-4H3;5-9H,1-4H3. The molecule has 0 unspecified atom stereocenters. The minimum atomic E-state index is 0.453. The van der Waals surface area contributed by atoms with Crippen LogP contribution in [0.1, 0.15) is 152 Å². The summed E-state index contributed by atoms with van der Waals surface area (Å²) in [4.78, 5) is 13.8. The van der Waals surface area contributed by atoms with Crippen molar-refractivity contribution < 1.29 is 0 Å². The molecular formula is C40H54N6. The number of pyridine rings is 2. The third kappa shape index (κ3) is 8.60. The van der Waals surface area contributed by atoms with E-state index in [0.29, 0.717) is 35.5 Å². The predicted molar refractivity (Wildman–Crippen MR) is 194 cm³/mol. The Labute approximate surface area is 276 Å². The first-order chi connectivity index (χ1) is 21.7. The predicted octanol–water partition coefficient (Wildman–Crippen LogP) is 11.0. The van der Waals surface area contributed by atoms with E-state index in [4.69, 9.17) is 0 Å². The summed E-state index contributed by atoms with van der Waals surface area (Å²) in [5.41, 5.74) is 10.4. The van der Waals surface area contributed by atoms with Crippen LogP contribution >= 0.6 is 0 Å². The average molecular weight is 619 g/mol. The van der Waals surface area contributed by atoms with E-state index in [1.807, 2.05) is 16.8 Å². The highest BCUT2D eigenvalue weighted by Gasteiger charge is 2.09. The van der Waals surface area contributed by atoms with E-state index in [1.54, 1.807) is 0 Å². The molecule has 0 spiro atoms. The number of aromatic nitrogens is 6. The molecule has 46 heavy (non-hydrogen) atoms. The minimum Gasteiger partial charge on any atom is -0.307 e. The van der Waals surface area contributed by atoms with Crippen LogP contribution in [0.15, 0.2) is 73.2 Å². The number of hydrogen-bond donors (Lipinski definition) is 0. The van der Waals surface area contributed by atoms with Crippen LogP contribution in [-0.4, -0.2) is 29.0 Å². The Kier molecular flexibility index (Phi) is 11.4. The molecule has 0 aliphatic carbocycles. The first-order valence-corrected chi connectivity index (χ1v) is 17.0. The third-order valence-corrected chi connectivity index (χ3v) is 8.29. The first-order valence-electron chi connectivity index (χ1n) is 17.0. The number of benzene rings is 1. The van der Waals surface area contributed by atoms with Crippen molar-refractivity contribution in [2.45, 2.75) is 119 Å². The maximum atomic E-state index is 4.68. The zero-order valence-corrected chi connectivity index (χ0v) is 30.1. The Morgan fingerprint density at radius 1 is 0.435 bits per heavy atom. The fraction of sp³-hybridized carbons (Fsp3) is 0.450. The van der Waals surface area contributed by atoms with Gasteiger partial charge in [-0.05, 0) is 83.0 Å². The van der Waals surface area contributed by atoms with E-state index in [1.165, 1.54) is 22.2 Å². The molecule has 5 aromatic heterocycles. The number of imidazole rings is 2. The van der Waals surface area contributed by atoms with Crippen molar-refractivity contribution in [2.75, 3.05) is 0 Å². The van der Waals surface area contributed by atoms with Crippen LogP contribution in [0.25, 0.3) is 22.2 Å². The maximum absolute atomic E-state index is 4.68. The van der Waals surface area contributed by atoms with Gasteiger partial charge in [0.05, 0.1) is 28.8 Å². The van der Waals surface area contributed by atoms with Gasteiger partial charge in [-0.2, -0.15) is 5.10 Å². The summed E-state index contributed by atoms with van der Waals surface area (Å²) in [6, 6.07) is 19.2. The van der Waals surface area contributed by atoms with Crippen molar-refractivity contribution in [1.29, 1.82) is 0 Å². The molecule has 6 heteroatoms. The van der Waals surface area contributed by atoms with E-state index < -0.39 is 0 Å². The average Bonchev–Trinajstić information content (AvgIpc) is 3.65. The van der Waals surface area contributed by atoms with Crippen molar-refractivity contribution in [3.63, 3.8) is 0 Å². The van der Waals surface area contributed by atoms with Gasteiger partial charge in [-0.15, -0.1) is 0 Å². The molecule has 0 aliphatic heterocycles. The van der Waals surface area contributed by atoms with Gasteiger partial charge in [0.25, 0.3) is 0 Å². The minimum absolute atomic E-state index is 0.453. The molecule has 244 valence electrons. The summed E-state index contributed by atoms with van der Waals surface area (Å²) in [6.45, 7) is 26.1. The summed E-state index contributed by atoms with van der Waals surface area (Å²) in [5, 5.41) is 5.78. The first kappa shape index (κ1) is 34.8. The van der Waals surface area contributed by atoms with Crippen LogP contribution in [0.2, 0.25) is 0 Å². The van der Waals surface area contributed by atoms with Crippen LogP contribution in [0, 0.1) is 0 Å². The Morgan fingerprint density at radius 2 is 0.978 bits per heavy atom. The number of hydrogen-bond acceptors (Lipinski definition) is 4.